The van der Waals surface area contributed by atoms with Crippen molar-refractivity contribution in [1.82, 2.24) is 0 Å². The van der Waals surface area contributed by atoms with Crippen molar-refractivity contribution in [3.8, 4) is 0 Å². The summed E-state index contributed by atoms with van der Waals surface area (Å²) in [6.45, 7) is 11.6. The second-order valence-corrected chi connectivity index (χ2v) is 6.77. The van der Waals surface area contributed by atoms with Crippen molar-refractivity contribution in [3.63, 3.8) is 0 Å². The fraction of sp³-hybridized carbons (Fsp3) is 0.588. The Bertz CT molecular complexity index is 442. The molecule has 0 heterocycles. The number of hydrogen-bond acceptors (Lipinski definition) is 4. The molecule has 0 atom stereocenters. The van der Waals surface area contributed by atoms with Gasteiger partial charge in [-0.3, -0.25) is 5.32 Å². The summed E-state index contributed by atoms with van der Waals surface area (Å²) in [6.07, 6.45) is -0.440. The van der Waals surface area contributed by atoms with Crippen molar-refractivity contribution in [2.24, 2.45) is 0 Å². The standard InChI is InChI=1S/C12H18N2O2.C5H12O/c1-12(2,3)16-11(15)14-10-7-5-9(13-4)6-8-10;1-5(2,3)6-4/h5-8,13H,1-4H3,(H,14,15);1-4H3. The lowest BCUT2D eigenvalue weighted by molar-refractivity contribution is 0.0397. The first-order chi connectivity index (χ1) is 9.96. The summed E-state index contributed by atoms with van der Waals surface area (Å²) in [4.78, 5) is 11.4. The molecule has 0 unspecified atom stereocenters. The molecule has 0 bridgehead atoms. The van der Waals surface area contributed by atoms with E-state index >= 15 is 0 Å². The maximum absolute atomic E-state index is 11.4. The second-order valence-electron chi connectivity index (χ2n) is 6.77. The molecule has 1 aromatic rings. The Labute approximate surface area is 134 Å². The smallest absolute Gasteiger partial charge is 0.412 e. The molecule has 0 spiro atoms. The summed E-state index contributed by atoms with van der Waals surface area (Å²) >= 11 is 0. The monoisotopic (exact) mass is 310 g/mol. The molecular weight excluding hydrogens is 280 g/mol. The van der Waals surface area contributed by atoms with Crippen LogP contribution in [0.4, 0.5) is 16.2 Å². The van der Waals surface area contributed by atoms with Crippen LogP contribution in [-0.4, -0.2) is 31.5 Å². The number of nitrogens with one attached hydrogen (secondary N) is 2. The Morgan fingerprint density at radius 1 is 0.909 bits per heavy atom. The van der Waals surface area contributed by atoms with Crippen LogP contribution in [0.3, 0.4) is 0 Å². The Morgan fingerprint density at radius 2 is 1.32 bits per heavy atom. The molecule has 0 saturated carbocycles. The molecular formula is C17H30N2O3. The van der Waals surface area contributed by atoms with Gasteiger partial charge in [0.1, 0.15) is 5.60 Å². The number of anilines is 2. The van der Waals surface area contributed by atoms with E-state index in [9.17, 15) is 4.79 Å². The number of benzene rings is 1. The van der Waals surface area contributed by atoms with Crippen LogP contribution < -0.4 is 10.6 Å². The SMILES string of the molecule is CNc1ccc(NC(=O)OC(C)(C)C)cc1.COC(C)(C)C. The molecule has 2 N–H and O–H groups in total. The lowest BCUT2D eigenvalue weighted by Crippen LogP contribution is -2.27. The molecule has 1 aromatic carbocycles. The van der Waals surface area contributed by atoms with Gasteiger partial charge < -0.3 is 14.8 Å². The number of hydrogen-bond donors (Lipinski definition) is 2. The predicted octanol–water partition coefficient (Wildman–Crippen LogP) is 4.51. The van der Waals surface area contributed by atoms with Crippen molar-refractivity contribution in [1.29, 1.82) is 0 Å². The minimum absolute atomic E-state index is 0.0417. The highest BCUT2D eigenvalue weighted by Gasteiger charge is 2.15. The number of carbonyl (C=O) groups excluding carboxylic acids is 1. The molecule has 0 aliphatic carbocycles. The Hall–Kier alpha value is -1.75. The van der Waals surface area contributed by atoms with E-state index in [1.165, 1.54) is 0 Å². The normalized spacial score (nSPS) is 11.1. The molecule has 1 rings (SSSR count). The van der Waals surface area contributed by atoms with E-state index in [-0.39, 0.29) is 5.60 Å². The lowest BCUT2D eigenvalue weighted by atomic mass is 10.2. The van der Waals surface area contributed by atoms with Gasteiger partial charge >= 0.3 is 6.09 Å². The maximum Gasteiger partial charge on any atom is 0.412 e. The molecule has 0 fully saturated rings. The van der Waals surface area contributed by atoms with Gasteiger partial charge in [-0.05, 0) is 65.8 Å². The van der Waals surface area contributed by atoms with E-state index in [0.29, 0.717) is 5.69 Å². The van der Waals surface area contributed by atoms with Gasteiger partial charge in [-0.15, -0.1) is 0 Å². The average molecular weight is 310 g/mol. The van der Waals surface area contributed by atoms with Crippen molar-refractivity contribution in [2.75, 3.05) is 24.8 Å². The zero-order chi connectivity index (χ0) is 17.4. The molecule has 126 valence electrons. The summed E-state index contributed by atoms with van der Waals surface area (Å²) in [5.74, 6) is 0. The molecule has 5 nitrogen and oxygen atoms in total. The highest BCUT2D eigenvalue weighted by atomic mass is 16.6. The van der Waals surface area contributed by atoms with Gasteiger partial charge in [-0.1, -0.05) is 0 Å². The molecule has 1 amide bonds. The number of methoxy groups -OCH3 is 1. The van der Waals surface area contributed by atoms with Gasteiger partial charge in [0.05, 0.1) is 5.60 Å². The fourth-order valence-electron chi connectivity index (χ4n) is 1.14. The molecule has 5 heteroatoms. The van der Waals surface area contributed by atoms with Gasteiger partial charge in [0.15, 0.2) is 0 Å². The number of rotatable bonds is 2. The highest BCUT2D eigenvalue weighted by molar-refractivity contribution is 5.85. The van der Waals surface area contributed by atoms with E-state index in [0.717, 1.165) is 5.69 Å². The Balaban J connectivity index is 0.000000626. The van der Waals surface area contributed by atoms with Crippen LogP contribution in [0.1, 0.15) is 41.5 Å². The minimum atomic E-state index is -0.477. The van der Waals surface area contributed by atoms with Crippen LogP contribution in [0.25, 0.3) is 0 Å². The van der Waals surface area contributed by atoms with Gasteiger partial charge in [-0.2, -0.15) is 0 Å². The topological polar surface area (TPSA) is 59.6 Å². The third-order valence-electron chi connectivity index (χ3n) is 2.43. The van der Waals surface area contributed by atoms with E-state index in [2.05, 4.69) is 10.6 Å². The van der Waals surface area contributed by atoms with Crippen LogP contribution in [0.15, 0.2) is 24.3 Å². The molecule has 0 saturated heterocycles. The fourth-order valence-corrected chi connectivity index (χ4v) is 1.14. The van der Waals surface area contributed by atoms with Crippen molar-refractivity contribution in [2.45, 2.75) is 52.7 Å². The van der Waals surface area contributed by atoms with Crippen molar-refractivity contribution < 1.29 is 14.3 Å². The van der Waals surface area contributed by atoms with Gasteiger partial charge in [0.25, 0.3) is 0 Å². The molecule has 0 aromatic heterocycles. The zero-order valence-corrected chi connectivity index (χ0v) is 15.0. The quantitative estimate of drug-likeness (QED) is 0.844. The number of ether oxygens (including phenoxy) is 2. The zero-order valence-electron chi connectivity index (χ0n) is 15.0. The van der Waals surface area contributed by atoms with Gasteiger partial charge in [0, 0.05) is 25.5 Å². The highest BCUT2D eigenvalue weighted by Crippen LogP contribution is 2.14. The Kier molecular flexibility index (Phi) is 7.95. The van der Waals surface area contributed by atoms with E-state index in [4.69, 9.17) is 9.47 Å². The molecule has 0 aliphatic rings. The van der Waals surface area contributed by atoms with Crippen LogP contribution in [0.2, 0.25) is 0 Å². The molecule has 22 heavy (non-hydrogen) atoms. The Morgan fingerprint density at radius 3 is 1.64 bits per heavy atom. The average Bonchev–Trinajstić information content (AvgIpc) is 2.37. The van der Waals surface area contributed by atoms with Crippen molar-refractivity contribution >= 4 is 17.5 Å². The van der Waals surface area contributed by atoms with Crippen LogP contribution >= 0.6 is 0 Å². The lowest BCUT2D eigenvalue weighted by Gasteiger charge is -2.19. The summed E-state index contributed by atoms with van der Waals surface area (Å²) in [6, 6.07) is 7.39. The van der Waals surface area contributed by atoms with Gasteiger partial charge in [-0.25, -0.2) is 4.79 Å². The van der Waals surface area contributed by atoms with E-state index in [1.54, 1.807) is 7.11 Å². The first-order valence-corrected chi connectivity index (χ1v) is 7.30. The second kappa shape index (κ2) is 8.63. The third kappa shape index (κ3) is 11.0. The third-order valence-corrected chi connectivity index (χ3v) is 2.43. The first-order valence-electron chi connectivity index (χ1n) is 7.30. The van der Waals surface area contributed by atoms with E-state index in [1.807, 2.05) is 72.9 Å². The number of amides is 1. The first kappa shape index (κ1) is 20.2. The summed E-state index contributed by atoms with van der Waals surface area (Å²) < 4.78 is 10.1. The molecule has 0 radical (unpaired) electrons. The van der Waals surface area contributed by atoms with Crippen LogP contribution in [0, 0.1) is 0 Å². The van der Waals surface area contributed by atoms with Crippen LogP contribution in [0.5, 0.6) is 0 Å². The number of carbonyl (C=O) groups is 1. The van der Waals surface area contributed by atoms with Crippen molar-refractivity contribution in [3.05, 3.63) is 24.3 Å². The summed E-state index contributed by atoms with van der Waals surface area (Å²) in [5, 5.41) is 5.66. The summed E-state index contributed by atoms with van der Waals surface area (Å²) in [5.41, 5.74) is 1.28. The minimum Gasteiger partial charge on any atom is -0.444 e. The summed E-state index contributed by atoms with van der Waals surface area (Å²) in [7, 11) is 3.55. The predicted molar refractivity (Wildman–Crippen MR) is 92.6 cm³/mol. The maximum atomic E-state index is 11.4. The van der Waals surface area contributed by atoms with Gasteiger partial charge in [0.2, 0.25) is 0 Å². The van der Waals surface area contributed by atoms with Crippen LogP contribution in [-0.2, 0) is 9.47 Å². The largest absolute Gasteiger partial charge is 0.444 e. The van der Waals surface area contributed by atoms with E-state index < -0.39 is 11.7 Å². The molecule has 0 aliphatic heterocycles.